The van der Waals surface area contributed by atoms with Crippen molar-refractivity contribution in [2.24, 2.45) is 4.99 Å². The normalized spacial score (nSPS) is 11.6. The molecule has 11 heteroatoms. The fraction of sp³-hybridized carbons (Fsp3) is 0.889. The SMILES string of the molecule is CCCCCCCCCOC(=O)CCCCCCCN(CCCCCCCC(=O)O)CCCN=C(NC#N)NCCOCCN(C)C. The summed E-state index contributed by atoms with van der Waals surface area (Å²) >= 11 is 0. The van der Waals surface area contributed by atoms with E-state index in [2.05, 4.69) is 32.3 Å². The minimum Gasteiger partial charge on any atom is -0.481 e. The topological polar surface area (TPSA) is 140 Å². The van der Waals surface area contributed by atoms with Crippen molar-refractivity contribution in [1.29, 1.82) is 5.26 Å². The number of unbranched alkanes of at least 4 members (excludes halogenated alkanes) is 14. The van der Waals surface area contributed by atoms with Gasteiger partial charge >= 0.3 is 11.9 Å². The highest BCUT2D eigenvalue weighted by Gasteiger charge is 2.07. The van der Waals surface area contributed by atoms with Crippen LogP contribution in [-0.4, -0.2) is 106 Å². The van der Waals surface area contributed by atoms with Crippen LogP contribution in [0.3, 0.4) is 0 Å². The maximum Gasteiger partial charge on any atom is 0.305 e. The first-order valence-electron chi connectivity index (χ1n) is 18.6. The number of carbonyl (C=O) groups excluding carboxylic acids is 1. The molecule has 47 heavy (non-hydrogen) atoms. The number of ether oxygens (including phenoxy) is 2. The molecule has 0 unspecified atom stereocenters. The molecule has 0 amide bonds. The van der Waals surface area contributed by atoms with Crippen molar-refractivity contribution < 1.29 is 24.2 Å². The zero-order valence-corrected chi connectivity index (χ0v) is 30.4. The maximum atomic E-state index is 12.0. The molecule has 0 atom stereocenters. The number of hydrogen-bond donors (Lipinski definition) is 3. The zero-order valence-electron chi connectivity index (χ0n) is 30.4. The van der Waals surface area contributed by atoms with Gasteiger partial charge in [0.2, 0.25) is 5.96 Å². The Labute approximate surface area is 287 Å². The molecule has 0 aromatic heterocycles. The molecule has 0 fully saturated rings. The predicted molar refractivity (Wildman–Crippen MR) is 191 cm³/mol. The maximum absolute atomic E-state index is 12.0. The molecule has 0 aromatic carbocycles. The van der Waals surface area contributed by atoms with Gasteiger partial charge in [0.25, 0.3) is 0 Å². The number of esters is 1. The molecule has 11 nitrogen and oxygen atoms in total. The number of nitriles is 1. The van der Waals surface area contributed by atoms with Gasteiger partial charge in [0, 0.05) is 32.5 Å². The summed E-state index contributed by atoms with van der Waals surface area (Å²) < 4.78 is 11.0. The van der Waals surface area contributed by atoms with Gasteiger partial charge in [0.05, 0.1) is 19.8 Å². The number of aliphatic carboxylic acids is 1. The second-order valence-electron chi connectivity index (χ2n) is 12.8. The van der Waals surface area contributed by atoms with Crippen LogP contribution in [-0.2, 0) is 19.1 Å². The molecule has 0 aliphatic rings. The zero-order chi connectivity index (χ0) is 34.6. The minimum absolute atomic E-state index is 0.0514. The Bertz CT molecular complexity index is 805. The van der Waals surface area contributed by atoms with Crippen molar-refractivity contribution in [2.75, 3.05) is 73.2 Å². The highest BCUT2D eigenvalue weighted by atomic mass is 16.5. The Morgan fingerprint density at radius 3 is 1.91 bits per heavy atom. The summed E-state index contributed by atoms with van der Waals surface area (Å²) in [6.07, 6.45) is 22.6. The number of aliphatic imine (C=N–C) groups is 1. The lowest BCUT2D eigenvalue weighted by atomic mass is 10.1. The van der Waals surface area contributed by atoms with Crippen molar-refractivity contribution >= 4 is 17.9 Å². The summed E-state index contributed by atoms with van der Waals surface area (Å²) in [5, 5.41) is 23.7. The Balaban J connectivity index is 4.31. The summed E-state index contributed by atoms with van der Waals surface area (Å²) in [4.78, 5) is 31.9. The lowest BCUT2D eigenvalue weighted by Gasteiger charge is -2.22. The summed E-state index contributed by atoms with van der Waals surface area (Å²) in [5.41, 5.74) is 0. The van der Waals surface area contributed by atoms with E-state index in [0.29, 0.717) is 45.3 Å². The molecule has 0 spiro atoms. The predicted octanol–water partition coefficient (Wildman–Crippen LogP) is 6.33. The first-order valence-corrected chi connectivity index (χ1v) is 18.6. The Morgan fingerprint density at radius 1 is 0.723 bits per heavy atom. The van der Waals surface area contributed by atoms with Gasteiger partial charge in [0.1, 0.15) is 0 Å². The van der Waals surface area contributed by atoms with E-state index in [0.717, 1.165) is 110 Å². The van der Waals surface area contributed by atoms with E-state index in [4.69, 9.17) is 19.8 Å². The summed E-state index contributed by atoms with van der Waals surface area (Å²) in [6, 6.07) is 0. The Hall–Kier alpha value is -2.42. The standard InChI is InChI=1S/C36H70N6O5/c1-4-5-6-7-8-15-20-30-47-35(45)23-17-12-10-14-19-27-42(26-18-13-9-11-16-22-34(43)44)28-21-24-38-36(40-33-37)39-25-31-46-32-29-41(2)3/h4-32H2,1-3H3,(H,43,44)(H2,38,39,40). The van der Waals surface area contributed by atoms with Crippen LogP contribution in [0.25, 0.3) is 0 Å². The van der Waals surface area contributed by atoms with Gasteiger partial charge in [-0.2, -0.15) is 5.26 Å². The van der Waals surface area contributed by atoms with E-state index in [9.17, 15) is 9.59 Å². The number of rotatable bonds is 34. The van der Waals surface area contributed by atoms with E-state index in [-0.39, 0.29) is 12.4 Å². The number of carboxylic acids is 1. The van der Waals surface area contributed by atoms with Gasteiger partial charge < -0.3 is 29.7 Å². The molecular formula is C36H70N6O5. The molecule has 3 N–H and O–H groups in total. The van der Waals surface area contributed by atoms with Gasteiger partial charge in [-0.1, -0.05) is 84.0 Å². The molecule has 0 saturated heterocycles. The summed E-state index contributed by atoms with van der Waals surface area (Å²) in [6.45, 7) is 9.10. The van der Waals surface area contributed by atoms with Crippen molar-refractivity contribution in [3.63, 3.8) is 0 Å². The third-order valence-electron chi connectivity index (χ3n) is 8.03. The molecular weight excluding hydrogens is 596 g/mol. The van der Waals surface area contributed by atoms with E-state index in [1.807, 2.05) is 20.3 Å². The highest BCUT2D eigenvalue weighted by molar-refractivity contribution is 5.81. The molecule has 0 bridgehead atoms. The van der Waals surface area contributed by atoms with Crippen molar-refractivity contribution in [3.05, 3.63) is 0 Å². The van der Waals surface area contributed by atoms with Crippen LogP contribution in [0.2, 0.25) is 0 Å². The third-order valence-corrected chi connectivity index (χ3v) is 8.03. The third kappa shape index (κ3) is 34.7. The molecule has 0 radical (unpaired) electrons. The quantitative estimate of drug-likeness (QED) is 0.0178. The van der Waals surface area contributed by atoms with Crippen molar-refractivity contribution in [1.82, 2.24) is 20.4 Å². The van der Waals surface area contributed by atoms with Crippen LogP contribution in [0.4, 0.5) is 0 Å². The van der Waals surface area contributed by atoms with Crippen LogP contribution in [0, 0.1) is 11.5 Å². The molecule has 0 aromatic rings. The molecule has 0 saturated carbocycles. The highest BCUT2D eigenvalue weighted by Crippen LogP contribution is 2.11. The second-order valence-corrected chi connectivity index (χ2v) is 12.8. The molecule has 0 aliphatic heterocycles. The van der Waals surface area contributed by atoms with Crippen molar-refractivity contribution in [2.45, 2.75) is 135 Å². The molecule has 0 heterocycles. The first kappa shape index (κ1) is 44.6. The van der Waals surface area contributed by atoms with Crippen LogP contribution in [0.15, 0.2) is 4.99 Å². The Morgan fingerprint density at radius 2 is 1.30 bits per heavy atom. The van der Waals surface area contributed by atoms with E-state index in [1.54, 1.807) is 0 Å². The fourth-order valence-electron chi connectivity index (χ4n) is 5.20. The number of likely N-dealkylation sites (N-methyl/N-ethyl adjacent to an activating group) is 1. The molecule has 0 aliphatic carbocycles. The number of carbonyl (C=O) groups is 2. The number of nitrogens with one attached hydrogen (secondary N) is 2. The van der Waals surface area contributed by atoms with Crippen LogP contribution in [0.1, 0.15) is 135 Å². The number of guanidine groups is 1. The van der Waals surface area contributed by atoms with E-state index in [1.165, 1.54) is 32.1 Å². The smallest absolute Gasteiger partial charge is 0.305 e. The fourth-order valence-corrected chi connectivity index (χ4v) is 5.20. The van der Waals surface area contributed by atoms with Crippen molar-refractivity contribution in [3.8, 4) is 6.19 Å². The number of carboxylic acid groups (broad SMARTS) is 1. The average molecular weight is 667 g/mol. The van der Waals surface area contributed by atoms with Crippen LogP contribution in [0.5, 0.6) is 0 Å². The second kappa shape index (κ2) is 34.9. The largest absolute Gasteiger partial charge is 0.481 e. The van der Waals surface area contributed by atoms with Gasteiger partial charge in [-0.05, 0) is 72.3 Å². The molecule has 0 rings (SSSR count). The van der Waals surface area contributed by atoms with Gasteiger partial charge in [-0.25, -0.2) is 0 Å². The van der Waals surface area contributed by atoms with Crippen LogP contribution < -0.4 is 10.6 Å². The lowest BCUT2D eigenvalue weighted by Crippen LogP contribution is -2.37. The van der Waals surface area contributed by atoms with Crippen LogP contribution >= 0.6 is 0 Å². The first-order chi connectivity index (χ1) is 22.9. The van der Waals surface area contributed by atoms with Gasteiger partial charge in [-0.3, -0.25) is 19.9 Å². The monoisotopic (exact) mass is 667 g/mol. The number of nitrogens with zero attached hydrogens (tertiary/aromatic N) is 4. The summed E-state index contributed by atoms with van der Waals surface area (Å²) in [5.74, 6) is -0.281. The van der Waals surface area contributed by atoms with E-state index < -0.39 is 5.97 Å². The van der Waals surface area contributed by atoms with E-state index >= 15 is 0 Å². The minimum atomic E-state index is -0.714. The Kier molecular flexibility index (Phi) is 33.1. The lowest BCUT2D eigenvalue weighted by molar-refractivity contribution is -0.144. The van der Waals surface area contributed by atoms with Gasteiger partial charge in [0.15, 0.2) is 6.19 Å². The molecule has 274 valence electrons. The summed E-state index contributed by atoms with van der Waals surface area (Å²) in [7, 11) is 4.02. The number of hydrogen-bond acceptors (Lipinski definition) is 8. The average Bonchev–Trinajstić information content (AvgIpc) is 3.04. The van der Waals surface area contributed by atoms with Gasteiger partial charge in [-0.15, -0.1) is 0 Å².